The van der Waals surface area contributed by atoms with Crippen LogP contribution in [0.3, 0.4) is 0 Å². The van der Waals surface area contributed by atoms with Crippen molar-refractivity contribution in [3.8, 4) is 0 Å². The van der Waals surface area contributed by atoms with E-state index in [-0.39, 0.29) is 50.4 Å². The quantitative estimate of drug-likeness (QED) is 0.316. The van der Waals surface area contributed by atoms with Crippen LogP contribution in [0.1, 0.15) is 52.3 Å². The lowest BCUT2D eigenvalue weighted by Gasteiger charge is -2.41. The lowest BCUT2D eigenvalue weighted by molar-refractivity contribution is -0.135. The van der Waals surface area contributed by atoms with Crippen LogP contribution in [0.15, 0.2) is 78.9 Å². The zero-order valence-electron chi connectivity index (χ0n) is 25.0. The first kappa shape index (κ1) is 35.5. The Balaban J connectivity index is 0.00000276. The van der Waals surface area contributed by atoms with E-state index in [9.17, 15) is 18.4 Å². The van der Waals surface area contributed by atoms with Gasteiger partial charge in [0.2, 0.25) is 5.91 Å². The van der Waals surface area contributed by atoms with Crippen LogP contribution in [0.5, 0.6) is 0 Å². The Morgan fingerprint density at radius 1 is 0.689 bits per heavy atom. The molecule has 5 rings (SSSR count). The van der Waals surface area contributed by atoms with Gasteiger partial charge in [0.25, 0.3) is 0 Å². The summed E-state index contributed by atoms with van der Waals surface area (Å²) in [6, 6.07) is 22.0. The lowest BCUT2D eigenvalue weighted by atomic mass is 9.96. The minimum atomic E-state index is -0.601. The molecule has 9 heteroatoms. The number of nitrogens with zero attached hydrogens (tertiary/aromatic N) is 4. The number of carbonyl (C=O) groups is 2. The number of piperazine rings is 2. The number of hydrogen-bond donors (Lipinski definition) is 1. The molecule has 2 saturated heterocycles. The summed E-state index contributed by atoms with van der Waals surface area (Å²) in [4.78, 5) is 35.2. The van der Waals surface area contributed by atoms with E-state index in [0.717, 1.165) is 29.9 Å². The second-order valence-corrected chi connectivity index (χ2v) is 11.8. The van der Waals surface area contributed by atoms with Crippen molar-refractivity contribution in [3.05, 3.63) is 102 Å². The van der Waals surface area contributed by atoms with E-state index >= 15 is 0 Å². The number of carbonyl (C=O) groups excluding carboxylic acids is 2. The molecule has 45 heavy (non-hydrogen) atoms. The minimum Gasteiger partial charge on any atom is -0.368 e. The maximum absolute atomic E-state index is 13.8. The maximum Gasteiger partial charge on any atom is 0.318 e. The highest BCUT2D eigenvalue weighted by Gasteiger charge is 2.33. The zero-order valence-corrected chi connectivity index (χ0v) is 25.0. The van der Waals surface area contributed by atoms with Crippen molar-refractivity contribution in [2.75, 3.05) is 57.3 Å². The largest absolute Gasteiger partial charge is 0.368 e. The van der Waals surface area contributed by atoms with Crippen molar-refractivity contribution in [2.24, 2.45) is 5.92 Å². The molecule has 0 unspecified atom stereocenters. The lowest BCUT2D eigenvalue weighted by Crippen LogP contribution is -2.58. The van der Waals surface area contributed by atoms with Gasteiger partial charge in [-0.05, 0) is 59.9 Å². The van der Waals surface area contributed by atoms with E-state index in [1.54, 1.807) is 29.2 Å². The smallest absolute Gasteiger partial charge is 0.318 e. The SMILES string of the molecule is C.C.CC(C)C[C@H](NC(=O)N1CCN(c2ccccc2)CC1)C(=O)N1CCN(C(c2ccc(F)cc2)c2ccc(F)cc2)CC1. The number of halogens is 2. The average molecular weight is 622 g/mol. The third kappa shape index (κ3) is 9.03. The second-order valence-electron chi connectivity index (χ2n) is 11.8. The van der Waals surface area contributed by atoms with Gasteiger partial charge >= 0.3 is 6.03 Å². The van der Waals surface area contributed by atoms with Crippen molar-refractivity contribution < 1.29 is 18.4 Å². The fourth-order valence-electron chi connectivity index (χ4n) is 6.06. The summed E-state index contributed by atoms with van der Waals surface area (Å²) in [5.41, 5.74) is 2.96. The van der Waals surface area contributed by atoms with Crippen LogP contribution in [0.4, 0.5) is 19.3 Å². The van der Waals surface area contributed by atoms with Crippen LogP contribution >= 0.6 is 0 Å². The van der Waals surface area contributed by atoms with Crippen LogP contribution in [-0.4, -0.2) is 85.0 Å². The molecule has 1 N–H and O–H groups in total. The predicted molar refractivity (Wildman–Crippen MR) is 178 cm³/mol. The van der Waals surface area contributed by atoms with Gasteiger partial charge in [-0.15, -0.1) is 0 Å². The summed E-state index contributed by atoms with van der Waals surface area (Å²) >= 11 is 0. The Hall–Kier alpha value is -3.98. The highest BCUT2D eigenvalue weighted by atomic mass is 19.1. The van der Waals surface area contributed by atoms with Gasteiger partial charge < -0.3 is 20.0 Å². The highest BCUT2D eigenvalue weighted by molar-refractivity contribution is 5.87. The molecule has 0 bridgehead atoms. The van der Waals surface area contributed by atoms with E-state index in [1.165, 1.54) is 24.3 Å². The molecule has 244 valence electrons. The number of urea groups is 1. The Kier molecular flexibility index (Phi) is 12.9. The van der Waals surface area contributed by atoms with Gasteiger partial charge in [0.1, 0.15) is 17.7 Å². The molecule has 2 aliphatic heterocycles. The van der Waals surface area contributed by atoms with Crippen LogP contribution in [-0.2, 0) is 4.79 Å². The molecule has 0 spiro atoms. The highest BCUT2D eigenvalue weighted by Crippen LogP contribution is 2.30. The van der Waals surface area contributed by atoms with Gasteiger partial charge in [0.05, 0.1) is 6.04 Å². The van der Waals surface area contributed by atoms with E-state index in [1.807, 2.05) is 23.1 Å². The van der Waals surface area contributed by atoms with Crippen molar-refractivity contribution >= 4 is 17.6 Å². The molecule has 2 fully saturated rings. The summed E-state index contributed by atoms with van der Waals surface area (Å²) in [7, 11) is 0. The monoisotopic (exact) mass is 621 g/mol. The zero-order chi connectivity index (χ0) is 30.3. The molecule has 1 atom stereocenters. The van der Waals surface area contributed by atoms with Crippen molar-refractivity contribution in [1.82, 2.24) is 20.0 Å². The van der Waals surface area contributed by atoms with E-state index in [2.05, 4.69) is 41.1 Å². The fraction of sp³-hybridized carbons (Fsp3) is 0.444. The number of benzene rings is 3. The molecule has 7 nitrogen and oxygen atoms in total. The standard InChI is InChI=1S/C34H41F2N5O2.2CH4/c1-25(2)24-31(37-34(43)41-22-16-38(17-23-41)30-6-4-3-5-7-30)33(42)40-20-18-39(19-21-40)32(26-8-12-28(35)13-9-26)27-10-14-29(36)15-11-27;;/h3-15,25,31-32H,16-24H2,1-2H3,(H,37,43);2*1H4/t31-;;/m0../s1. The molecule has 3 amide bonds. The van der Waals surface area contributed by atoms with Gasteiger partial charge in [-0.25, -0.2) is 13.6 Å². The molecule has 0 saturated carbocycles. The van der Waals surface area contributed by atoms with E-state index < -0.39 is 6.04 Å². The number of rotatable bonds is 8. The Morgan fingerprint density at radius 2 is 1.18 bits per heavy atom. The summed E-state index contributed by atoms with van der Waals surface area (Å²) in [6.07, 6.45) is 0.558. The van der Waals surface area contributed by atoms with E-state index in [0.29, 0.717) is 45.7 Å². The number of hydrogen-bond acceptors (Lipinski definition) is 4. The summed E-state index contributed by atoms with van der Waals surface area (Å²) in [5.74, 6) is -0.460. The average Bonchev–Trinajstić information content (AvgIpc) is 3.03. The van der Waals surface area contributed by atoms with Gasteiger partial charge in [0.15, 0.2) is 0 Å². The number of para-hydroxylation sites is 1. The molecule has 0 aliphatic carbocycles. The number of anilines is 1. The maximum atomic E-state index is 13.8. The summed E-state index contributed by atoms with van der Waals surface area (Å²) < 4.78 is 27.4. The van der Waals surface area contributed by atoms with Crippen LogP contribution in [0, 0.1) is 17.6 Å². The van der Waals surface area contributed by atoms with Gasteiger partial charge in [-0.2, -0.15) is 0 Å². The van der Waals surface area contributed by atoms with Gasteiger partial charge in [-0.3, -0.25) is 9.69 Å². The van der Waals surface area contributed by atoms with Gasteiger partial charge in [0, 0.05) is 58.0 Å². The molecular formula is C36H49F2N5O2. The van der Waals surface area contributed by atoms with E-state index in [4.69, 9.17) is 0 Å². The first-order valence-electron chi connectivity index (χ1n) is 15.2. The molecule has 2 aliphatic rings. The van der Waals surface area contributed by atoms with Crippen LogP contribution < -0.4 is 10.2 Å². The third-order valence-electron chi connectivity index (χ3n) is 8.35. The van der Waals surface area contributed by atoms with Gasteiger partial charge in [-0.1, -0.05) is 71.2 Å². The molecule has 0 radical (unpaired) electrons. The molecule has 0 aromatic heterocycles. The summed E-state index contributed by atoms with van der Waals surface area (Å²) in [6.45, 7) is 8.96. The number of nitrogens with one attached hydrogen (secondary N) is 1. The predicted octanol–water partition coefficient (Wildman–Crippen LogP) is 6.42. The normalized spacial score (nSPS) is 16.2. The number of amides is 3. The first-order valence-corrected chi connectivity index (χ1v) is 15.2. The second kappa shape index (κ2) is 16.4. The van der Waals surface area contributed by atoms with Crippen molar-refractivity contribution in [3.63, 3.8) is 0 Å². The molecular weight excluding hydrogens is 572 g/mol. The Morgan fingerprint density at radius 3 is 1.67 bits per heavy atom. The van der Waals surface area contributed by atoms with Crippen LogP contribution in [0.2, 0.25) is 0 Å². The topological polar surface area (TPSA) is 59.1 Å². The Labute approximate surface area is 267 Å². The summed E-state index contributed by atoms with van der Waals surface area (Å²) in [5, 5.41) is 3.06. The molecule has 3 aromatic carbocycles. The fourth-order valence-corrected chi connectivity index (χ4v) is 6.06. The Bertz CT molecular complexity index is 1290. The van der Waals surface area contributed by atoms with Crippen molar-refractivity contribution in [1.29, 1.82) is 0 Å². The minimum absolute atomic E-state index is 0. The van der Waals surface area contributed by atoms with Crippen molar-refractivity contribution in [2.45, 2.75) is 47.2 Å². The molecule has 2 heterocycles. The van der Waals surface area contributed by atoms with Crippen LogP contribution in [0.25, 0.3) is 0 Å². The third-order valence-corrected chi connectivity index (χ3v) is 8.35. The first-order chi connectivity index (χ1) is 20.8. The molecule has 3 aromatic rings.